The van der Waals surface area contributed by atoms with Crippen LogP contribution in [-0.2, 0) is 6.42 Å². The summed E-state index contributed by atoms with van der Waals surface area (Å²) < 4.78 is 25.4. The van der Waals surface area contributed by atoms with Gasteiger partial charge in [-0.3, -0.25) is 0 Å². The average Bonchev–Trinajstić information content (AvgIpc) is 2.11. The van der Waals surface area contributed by atoms with Crippen LogP contribution in [0.25, 0.3) is 0 Å². The van der Waals surface area contributed by atoms with Crippen LogP contribution in [0.2, 0.25) is 13.1 Å². The molecule has 1 atom stereocenters. The Balaban J connectivity index is 2.73. The molecule has 1 rings (SSSR count). The normalized spacial score (nSPS) is 13.3. The molecule has 0 fully saturated rings. The van der Waals surface area contributed by atoms with Crippen LogP contribution in [0.3, 0.4) is 0 Å². The van der Waals surface area contributed by atoms with Crippen LogP contribution in [0.15, 0.2) is 18.2 Å². The van der Waals surface area contributed by atoms with Crippen LogP contribution in [0.1, 0.15) is 5.56 Å². The summed E-state index contributed by atoms with van der Waals surface area (Å²) in [6, 6.07) is 3.96. The fourth-order valence-corrected chi connectivity index (χ4v) is 1.77. The zero-order valence-corrected chi connectivity index (χ0v) is 9.35. The number of hydrogen-bond acceptors (Lipinski definition) is 1. The molecule has 0 aliphatic carbocycles. The van der Waals surface area contributed by atoms with Crippen LogP contribution in [-0.4, -0.2) is 14.5 Å². The van der Waals surface area contributed by atoms with Gasteiger partial charge in [-0.2, -0.15) is 0 Å². The Labute approximate surface area is 84.5 Å². The van der Waals surface area contributed by atoms with E-state index in [1.165, 1.54) is 6.07 Å². The number of nitrogens with two attached hydrogens (primary N) is 1. The number of halogens is 2. The second-order valence-corrected chi connectivity index (χ2v) is 6.53. The van der Waals surface area contributed by atoms with E-state index in [1.54, 1.807) is 6.07 Å². The summed E-state index contributed by atoms with van der Waals surface area (Å²) in [6.07, 6.45) is 0.624. The van der Waals surface area contributed by atoms with E-state index >= 15 is 0 Å². The van der Waals surface area contributed by atoms with Crippen molar-refractivity contribution in [3.8, 4) is 0 Å². The predicted octanol–water partition coefficient (Wildman–Crippen LogP) is 2.13. The zero-order valence-electron chi connectivity index (χ0n) is 8.35. The van der Waals surface area contributed by atoms with Crippen LogP contribution in [0, 0.1) is 11.6 Å². The van der Waals surface area contributed by atoms with Crippen molar-refractivity contribution < 1.29 is 8.78 Å². The van der Waals surface area contributed by atoms with E-state index in [0.29, 0.717) is 6.42 Å². The minimum Gasteiger partial charge on any atom is -0.330 e. The highest BCUT2D eigenvalue weighted by Gasteiger charge is 2.11. The monoisotopic (exact) mass is 214 g/mol. The Morgan fingerprint density at radius 2 is 1.93 bits per heavy atom. The maximum absolute atomic E-state index is 12.8. The third-order valence-electron chi connectivity index (χ3n) is 2.18. The van der Waals surface area contributed by atoms with Gasteiger partial charge in [0, 0.05) is 0 Å². The van der Waals surface area contributed by atoms with Crippen molar-refractivity contribution in [1.29, 1.82) is 0 Å². The van der Waals surface area contributed by atoms with Gasteiger partial charge in [-0.05, 0) is 29.8 Å². The highest BCUT2D eigenvalue weighted by atomic mass is 28.3. The van der Waals surface area contributed by atoms with E-state index in [1.807, 2.05) is 0 Å². The number of benzene rings is 1. The van der Waals surface area contributed by atoms with Gasteiger partial charge in [-0.25, -0.2) is 8.78 Å². The second kappa shape index (κ2) is 4.66. The topological polar surface area (TPSA) is 26.0 Å². The van der Waals surface area contributed by atoms with Crippen LogP contribution in [0.5, 0.6) is 0 Å². The Morgan fingerprint density at radius 1 is 1.29 bits per heavy atom. The molecule has 0 heterocycles. The first-order valence-corrected chi connectivity index (χ1v) is 7.08. The van der Waals surface area contributed by atoms with Crippen molar-refractivity contribution in [3.63, 3.8) is 0 Å². The Kier molecular flexibility index (Phi) is 3.77. The van der Waals surface area contributed by atoms with E-state index in [2.05, 4.69) is 13.1 Å². The molecular weight excluding hydrogens is 200 g/mol. The Bertz CT molecular complexity index is 315. The van der Waals surface area contributed by atoms with E-state index < -0.39 is 20.4 Å². The molecule has 77 valence electrons. The molecule has 2 N–H and O–H groups in total. The standard InChI is InChI=1S/C10H14F2NSi/c1-14(2)10(13)6-7-3-4-8(11)9(12)5-7/h3-5,10H,6,13H2,1-2H3. The highest BCUT2D eigenvalue weighted by Crippen LogP contribution is 2.10. The largest absolute Gasteiger partial charge is 0.330 e. The number of rotatable bonds is 3. The van der Waals surface area contributed by atoms with Crippen molar-refractivity contribution in [2.24, 2.45) is 5.73 Å². The van der Waals surface area contributed by atoms with Crippen LogP contribution in [0.4, 0.5) is 8.78 Å². The molecule has 0 saturated heterocycles. The summed E-state index contributed by atoms with van der Waals surface area (Å²) in [7, 11) is -0.571. The van der Waals surface area contributed by atoms with Gasteiger partial charge < -0.3 is 5.73 Å². The fourth-order valence-electron chi connectivity index (χ4n) is 1.12. The van der Waals surface area contributed by atoms with Gasteiger partial charge in [0.05, 0.1) is 8.80 Å². The molecule has 1 nitrogen and oxygen atoms in total. The lowest BCUT2D eigenvalue weighted by molar-refractivity contribution is 0.507. The van der Waals surface area contributed by atoms with Crippen molar-refractivity contribution in [3.05, 3.63) is 35.4 Å². The molecule has 1 aromatic carbocycles. The predicted molar refractivity (Wildman–Crippen MR) is 55.5 cm³/mol. The molecular formula is C10H14F2NSi. The molecule has 0 amide bonds. The molecule has 0 saturated carbocycles. The van der Waals surface area contributed by atoms with Gasteiger partial charge in [0.15, 0.2) is 11.6 Å². The van der Waals surface area contributed by atoms with Crippen molar-refractivity contribution in [2.75, 3.05) is 0 Å². The van der Waals surface area contributed by atoms with Gasteiger partial charge in [-0.15, -0.1) is 0 Å². The van der Waals surface area contributed by atoms with E-state index in [9.17, 15) is 8.78 Å². The smallest absolute Gasteiger partial charge is 0.159 e. The molecule has 1 radical (unpaired) electrons. The number of hydrogen-bond donors (Lipinski definition) is 1. The lowest BCUT2D eigenvalue weighted by Crippen LogP contribution is -2.35. The van der Waals surface area contributed by atoms with Crippen molar-refractivity contribution in [1.82, 2.24) is 0 Å². The molecule has 1 aromatic rings. The van der Waals surface area contributed by atoms with Gasteiger partial charge in [-0.1, -0.05) is 19.2 Å². The van der Waals surface area contributed by atoms with Gasteiger partial charge >= 0.3 is 0 Å². The Morgan fingerprint density at radius 3 is 2.43 bits per heavy atom. The fraction of sp³-hybridized carbons (Fsp3) is 0.400. The third kappa shape index (κ3) is 2.89. The van der Waals surface area contributed by atoms with E-state index in [-0.39, 0.29) is 5.67 Å². The molecule has 0 aliphatic rings. The van der Waals surface area contributed by atoms with Gasteiger partial charge in [0.25, 0.3) is 0 Å². The third-order valence-corrected chi connectivity index (χ3v) is 3.87. The molecule has 0 spiro atoms. The molecule has 1 unspecified atom stereocenters. The summed E-state index contributed by atoms with van der Waals surface area (Å²) in [6.45, 7) is 4.21. The highest BCUT2D eigenvalue weighted by molar-refractivity contribution is 6.57. The van der Waals surface area contributed by atoms with Crippen molar-refractivity contribution in [2.45, 2.75) is 25.2 Å². The lowest BCUT2D eigenvalue weighted by atomic mass is 10.1. The quantitative estimate of drug-likeness (QED) is 0.766. The summed E-state index contributed by atoms with van der Waals surface area (Å²) in [4.78, 5) is 0. The Hall–Kier alpha value is -0.743. The van der Waals surface area contributed by atoms with E-state index in [0.717, 1.165) is 11.6 Å². The maximum atomic E-state index is 12.8. The minimum absolute atomic E-state index is 0.0878. The summed E-state index contributed by atoms with van der Waals surface area (Å²) in [5, 5.41) is 0. The molecule has 0 aromatic heterocycles. The second-order valence-electron chi connectivity index (χ2n) is 3.64. The molecule has 14 heavy (non-hydrogen) atoms. The first kappa shape index (κ1) is 11.3. The summed E-state index contributed by atoms with van der Waals surface area (Å²) in [5.74, 6) is -1.60. The minimum atomic E-state index is -0.805. The summed E-state index contributed by atoms with van der Waals surface area (Å²) >= 11 is 0. The van der Waals surface area contributed by atoms with Gasteiger partial charge in [0.2, 0.25) is 0 Å². The van der Waals surface area contributed by atoms with E-state index in [4.69, 9.17) is 5.73 Å². The van der Waals surface area contributed by atoms with Crippen LogP contribution >= 0.6 is 0 Å². The van der Waals surface area contributed by atoms with Gasteiger partial charge in [0.1, 0.15) is 0 Å². The average molecular weight is 214 g/mol. The maximum Gasteiger partial charge on any atom is 0.159 e. The zero-order chi connectivity index (χ0) is 10.7. The van der Waals surface area contributed by atoms with Crippen molar-refractivity contribution >= 4 is 8.80 Å². The SMILES string of the molecule is C[Si](C)C(N)Cc1ccc(F)c(F)c1. The molecule has 4 heteroatoms. The first-order chi connectivity index (χ1) is 6.50. The van der Waals surface area contributed by atoms with Crippen LogP contribution < -0.4 is 5.73 Å². The molecule has 0 bridgehead atoms. The molecule has 0 aliphatic heterocycles. The lowest BCUT2D eigenvalue weighted by Gasteiger charge is -2.13. The first-order valence-electron chi connectivity index (χ1n) is 4.50. The summed E-state index contributed by atoms with van der Waals surface area (Å²) in [5.41, 5.74) is 6.72.